The molecule has 1 aromatic heterocycles. The Hall–Kier alpha value is -1.28. The highest BCUT2D eigenvalue weighted by molar-refractivity contribution is 7.98. The van der Waals surface area contributed by atoms with Crippen molar-refractivity contribution in [1.29, 1.82) is 5.26 Å². The highest BCUT2D eigenvalue weighted by atomic mass is 32.2. The van der Waals surface area contributed by atoms with Gasteiger partial charge in [0, 0.05) is 5.92 Å². The number of thioether (sulfide) groups is 1. The first kappa shape index (κ1) is 9.28. The van der Waals surface area contributed by atoms with E-state index in [-0.39, 0.29) is 0 Å². The van der Waals surface area contributed by atoms with E-state index in [1.54, 1.807) is 0 Å². The molecule has 1 aliphatic carbocycles. The van der Waals surface area contributed by atoms with Crippen molar-refractivity contribution in [1.82, 2.24) is 9.97 Å². The number of nitriles is 1. The maximum Gasteiger partial charge on any atom is 0.189 e. The average molecular weight is 206 g/mol. The zero-order valence-electron chi connectivity index (χ0n) is 7.82. The Morgan fingerprint density at radius 2 is 2.21 bits per heavy atom. The third-order valence-corrected chi connectivity index (χ3v) is 2.75. The Morgan fingerprint density at radius 3 is 2.71 bits per heavy atom. The summed E-state index contributed by atoms with van der Waals surface area (Å²) < 4.78 is 0. The van der Waals surface area contributed by atoms with Crippen molar-refractivity contribution in [3.05, 3.63) is 11.3 Å². The average Bonchev–Trinajstić information content (AvgIpc) is 2.99. The second kappa shape index (κ2) is 3.46. The minimum Gasteiger partial charge on any atom is -0.382 e. The van der Waals surface area contributed by atoms with Crippen molar-refractivity contribution in [2.75, 3.05) is 12.0 Å². The van der Waals surface area contributed by atoms with Crippen molar-refractivity contribution >= 4 is 17.6 Å². The molecular weight excluding hydrogens is 196 g/mol. The minimum atomic E-state index is 0.314. The SMILES string of the molecule is CSc1nc(N)c(C#N)c(C2CC2)n1. The van der Waals surface area contributed by atoms with Crippen LogP contribution in [0.15, 0.2) is 5.16 Å². The monoisotopic (exact) mass is 206 g/mol. The number of nitrogens with zero attached hydrogens (tertiary/aromatic N) is 3. The van der Waals surface area contributed by atoms with Crippen molar-refractivity contribution in [2.45, 2.75) is 23.9 Å². The minimum absolute atomic E-state index is 0.314. The molecule has 4 nitrogen and oxygen atoms in total. The first-order chi connectivity index (χ1) is 6.76. The smallest absolute Gasteiger partial charge is 0.189 e. The van der Waals surface area contributed by atoms with E-state index in [9.17, 15) is 0 Å². The largest absolute Gasteiger partial charge is 0.382 e. The summed E-state index contributed by atoms with van der Waals surface area (Å²) >= 11 is 1.45. The standard InChI is InChI=1S/C9H10N4S/c1-14-9-12-7(5-2-3-5)6(4-10)8(11)13-9/h5H,2-3H2,1H3,(H2,11,12,13). The summed E-state index contributed by atoms with van der Waals surface area (Å²) in [6.07, 6.45) is 4.12. The Kier molecular flexibility index (Phi) is 2.30. The molecule has 1 heterocycles. The van der Waals surface area contributed by atoms with E-state index in [2.05, 4.69) is 16.0 Å². The summed E-state index contributed by atoms with van der Waals surface area (Å²) in [6, 6.07) is 2.08. The van der Waals surface area contributed by atoms with E-state index in [1.807, 2.05) is 6.26 Å². The summed E-state index contributed by atoms with van der Waals surface area (Å²) in [5, 5.41) is 9.58. The molecule has 0 aromatic carbocycles. The lowest BCUT2D eigenvalue weighted by Gasteiger charge is -2.05. The summed E-state index contributed by atoms with van der Waals surface area (Å²) in [6.45, 7) is 0. The van der Waals surface area contributed by atoms with Crippen molar-refractivity contribution in [3.8, 4) is 6.07 Å². The predicted molar refractivity (Wildman–Crippen MR) is 54.9 cm³/mol. The quantitative estimate of drug-likeness (QED) is 0.586. The molecule has 14 heavy (non-hydrogen) atoms. The van der Waals surface area contributed by atoms with Crippen LogP contribution < -0.4 is 5.73 Å². The molecule has 0 radical (unpaired) electrons. The molecule has 1 aromatic rings. The molecule has 2 N–H and O–H groups in total. The highest BCUT2D eigenvalue weighted by Crippen LogP contribution is 2.41. The lowest BCUT2D eigenvalue weighted by Crippen LogP contribution is -2.03. The molecule has 0 bridgehead atoms. The number of nitrogens with two attached hydrogens (primary N) is 1. The van der Waals surface area contributed by atoms with Gasteiger partial charge in [0.2, 0.25) is 0 Å². The maximum atomic E-state index is 8.92. The molecule has 72 valence electrons. The lowest BCUT2D eigenvalue weighted by atomic mass is 10.1. The molecule has 0 amide bonds. The number of hydrogen-bond donors (Lipinski definition) is 1. The van der Waals surface area contributed by atoms with Crippen LogP contribution in [0.5, 0.6) is 0 Å². The van der Waals surface area contributed by atoms with Crippen LogP contribution >= 0.6 is 11.8 Å². The fraction of sp³-hybridized carbons (Fsp3) is 0.444. The number of rotatable bonds is 2. The van der Waals surface area contributed by atoms with Crippen LogP contribution in [0.2, 0.25) is 0 Å². The first-order valence-corrected chi connectivity index (χ1v) is 5.60. The van der Waals surface area contributed by atoms with E-state index < -0.39 is 0 Å². The molecule has 5 heteroatoms. The van der Waals surface area contributed by atoms with Gasteiger partial charge in [0.1, 0.15) is 17.5 Å². The highest BCUT2D eigenvalue weighted by Gasteiger charge is 2.29. The van der Waals surface area contributed by atoms with Crippen molar-refractivity contribution in [3.63, 3.8) is 0 Å². The molecule has 0 atom stereocenters. The molecule has 1 aliphatic rings. The fourth-order valence-corrected chi connectivity index (χ4v) is 1.71. The molecule has 0 saturated heterocycles. The fourth-order valence-electron chi connectivity index (χ4n) is 1.33. The van der Waals surface area contributed by atoms with E-state index in [4.69, 9.17) is 11.0 Å². The number of hydrogen-bond acceptors (Lipinski definition) is 5. The van der Waals surface area contributed by atoms with Crippen LogP contribution in [0.1, 0.15) is 30.0 Å². The number of anilines is 1. The number of nitrogen functional groups attached to an aromatic ring is 1. The summed E-state index contributed by atoms with van der Waals surface area (Å²) in [4.78, 5) is 8.37. The molecule has 1 fully saturated rings. The molecular formula is C9H10N4S. The van der Waals surface area contributed by atoms with Gasteiger partial charge in [0.15, 0.2) is 5.16 Å². The van der Waals surface area contributed by atoms with Gasteiger partial charge in [-0.25, -0.2) is 9.97 Å². The Balaban J connectivity index is 2.53. The van der Waals surface area contributed by atoms with Gasteiger partial charge in [-0.15, -0.1) is 0 Å². The Morgan fingerprint density at radius 1 is 1.50 bits per heavy atom. The molecule has 0 spiro atoms. The third kappa shape index (κ3) is 1.53. The van der Waals surface area contributed by atoms with Crippen LogP contribution in [-0.4, -0.2) is 16.2 Å². The lowest BCUT2D eigenvalue weighted by molar-refractivity contribution is 0.883. The van der Waals surface area contributed by atoms with Crippen LogP contribution in [0, 0.1) is 11.3 Å². The first-order valence-electron chi connectivity index (χ1n) is 4.37. The van der Waals surface area contributed by atoms with Crippen molar-refractivity contribution in [2.24, 2.45) is 0 Å². The summed E-state index contributed by atoms with van der Waals surface area (Å²) in [5.74, 6) is 0.745. The second-order valence-corrected chi connectivity index (χ2v) is 4.02. The Bertz CT molecular complexity index is 406. The molecule has 0 aliphatic heterocycles. The van der Waals surface area contributed by atoms with E-state index in [0.29, 0.717) is 22.5 Å². The van der Waals surface area contributed by atoms with Gasteiger partial charge < -0.3 is 5.73 Å². The Labute approximate surface area is 86.5 Å². The second-order valence-electron chi connectivity index (χ2n) is 3.24. The topological polar surface area (TPSA) is 75.6 Å². The van der Waals surface area contributed by atoms with Gasteiger partial charge in [-0.05, 0) is 19.1 Å². The van der Waals surface area contributed by atoms with Crippen LogP contribution in [0.3, 0.4) is 0 Å². The van der Waals surface area contributed by atoms with E-state index in [0.717, 1.165) is 18.5 Å². The zero-order valence-corrected chi connectivity index (χ0v) is 8.64. The molecule has 0 unspecified atom stereocenters. The van der Waals surface area contributed by atoms with Crippen LogP contribution in [-0.2, 0) is 0 Å². The normalized spacial score (nSPS) is 15.1. The summed E-state index contributed by atoms with van der Waals surface area (Å²) in [5.41, 5.74) is 6.99. The van der Waals surface area contributed by atoms with E-state index >= 15 is 0 Å². The molecule has 1 saturated carbocycles. The summed E-state index contributed by atoms with van der Waals surface area (Å²) in [7, 11) is 0. The maximum absolute atomic E-state index is 8.92. The van der Waals surface area contributed by atoms with Gasteiger partial charge in [0.25, 0.3) is 0 Å². The zero-order chi connectivity index (χ0) is 10.1. The van der Waals surface area contributed by atoms with Gasteiger partial charge in [0.05, 0.1) is 5.69 Å². The van der Waals surface area contributed by atoms with Gasteiger partial charge >= 0.3 is 0 Å². The molecule has 2 rings (SSSR count). The van der Waals surface area contributed by atoms with Crippen molar-refractivity contribution < 1.29 is 0 Å². The van der Waals surface area contributed by atoms with Gasteiger partial charge in [-0.1, -0.05) is 11.8 Å². The van der Waals surface area contributed by atoms with Crippen LogP contribution in [0.25, 0.3) is 0 Å². The third-order valence-electron chi connectivity index (χ3n) is 2.20. The van der Waals surface area contributed by atoms with Gasteiger partial charge in [-0.2, -0.15) is 5.26 Å². The van der Waals surface area contributed by atoms with Crippen LogP contribution in [0.4, 0.5) is 5.82 Å². The van der Waals surface area contributed by atoms with E-state index in [1.165, 1.54) is 11.8 Å². The number of aromatic nitrogens is 2. The van der Waals surface area contributed by atoms with Gasteiger partial charge in [-0.3, -0.25) is 0 Å². The predicted octanol–water partition coefficient (Wildman–Crippen LogP) is 1.53.